The van der Waals surface area contributed by atoms with Crippen molar-refractivity contribution in [2.45, 2.75) is 63.7 Å². The summed E-state index contributed by atoms with van der Waals surface area (Å²) in [6.45, 7) is 6.60. The number of nitrogens with one attached hydrogen (secondary N) is 1. The van der Waals surface area contributed by atoms with Crippen LogP contribution in [-0.4, -0.2) is 75.9 Å². The number of methoxy groups -OCH3 is 2. The minimum atomic E-state index is -2.62. The van der Waals surface area contributed by atoms with Crippen molar-refractivity contribution in [3.05, 3.63) is 118 Å². The molecule has 1 saturated heterocycles. The molecule has 0 saturated carbocycles. The Bertz CT molecular complexity index is 1890. The molecule has 0 spiro atoms. The molecular formula is C39H47N3O10PS+. The highest BCUT2D eigenvalue weighted by atomic mass is 32.2. The number of thioether (sulfide) groups is 1. The maximum atomic E-state index is 13.7. The summed E-state index contributed by atoms with van der Waals surface area (Å²) in [5, 5.41) is 25.9. The van der Waals surface area contributed by atoms with Crippen molar-refractivity contribution >= 4 is 30.9 Å². The molecule has 2 heterocycles. The SMILES string of the molecule is CCC(C)(C)C(=O)SCCO[P+](=O)OC[C@H]1OC(n2ccc(NC(c3ccccc3)(c3ccc(OC)cc3)c3ccc(OC)cc3)nc2=O)[C@@](C)(O)C1O. The van der Waals surface area contributed by atoms with Crippen molar-refractivity contribution in [1.29, 1.82) is 0 Å². The third-order valence-corrected chi connectivity index (χ3v) is 11.6. The lowest BCUT2D eigenvalue weighted by atomic mass is 9.77. The standard InChI is InChI=1S/C39H46N3O10PS/c1-7-37(2,3)35(44)54-24-23-50-53(47)51-25-31-33(43)38(4,46)34(52-31)42-22-21-32(40-36(42)45)41-39(26-11-9-8-10-12-26,27-13-17-29(48-5)18-14-27)28-15-19-30(49-6)20-16-28/h8-22,31,33-34,43,46H,7,23-25H2,1-6H3/p+1/t31-,33?,34?,38+/m1/s1. The first-order valence-corrected chi connectivity index (χ1v) is 19.5. The van der Waals surface area contributed by atoms with Crippen LogP contribution in [0.15, 0.2) is 95.9 Å². The van der Waals surface area contributed by atoms with Crippen molar-refractivity contribution in [3.8, 4) is 11.5 Å². The average Bonchev–Trinajstić information content (AvgIpc) is 3.41. The van der Waals surface area contributed by atoms with Crippen LogP contribution >= 0.6 is 20.0 Å². The van der Waals surface area contributed by atoms with E-state index in [1.165, 1.54) is 13.1 Å². The second kappa shape index (κ2) is 17.5. The van der Waals surface area contributed by atoms with E-state index < -0.39 is 55.5 Å². The van der Waals surface area contributed by atoms with Gasteiger partial charge in [-0.3, -0.25) is 9.36 Å². The fourth-order valence-corrected chi connectivity index (χ4v) is 7.67. The molecule has 3 aromatic carbocycles. The smallest absolute Gasteiger partial charge is 0.497 e. The lowest BCUT2D eigenvalue weighted by Crippen LogP contribution is -2.46. The van der Waals surface area contributed by atoms with E-state index in [1.807, 2.05) is 99.6 Å². The fraction of sp³-hybridized carbons (Fsp3) is 0.410. The van der Waals surface area contributed by atoms with Gasteiger partial charge in [-0.05, 0) is 60.4 Å². The van der Waals surface area contributed by atoms with Gasteiger partial charge in [-0.1, -0.05) is 87.1 Å². The fourth-order valence-electron chi connectivity index (χ4n) is 6.07. The molecule has 5 atom stereocenters. The Labute approximate surface area is 319 Å². The monoisotopic (exact) mass is 780 g/mol. The predicted octanol–water partition coefficient (Wildman–Crippen LogP) is 6.06. The molecule has 5 rings (SSSR count). The van der Waals surface area contributed by atoms with Crippen molar-refractivity contribution in [2.75, 3.05) is 38.5 Å². The molecule has 13 nitrogen and oxygen atoms in total. The van der Waals surface area contributed by atoms with E-state index in [2.05, 4.69) is 10.3 Å². The molecule has 3 unspecified atom stereocenters. The molecule has 288 valence electrons. The van der Waals surface area contributed by atoms with Gasteiger partial charge < -0.3 is 29.7 Å². The molecule has 1 fully saturated rings. The maximum absolute atomic E-state index is 13.7. The van der Waals surface area contributed by atoms with E-state index in [4.69, 9.17) is 23.3 Å². The summed E-state index contributed by atoms with van der Waals surface area (Å²) in [6.07, 6.45) is -1.92. The van der Waals surface area contributed by atoms with Gasteiger partial charge in [0.2, 0.25) is 0 Å². The predicted molar refractivity (Wildman–Crippen MR) is 206 cm³/mol. The summed E-state index contributed by atoms with van der Waals surface area (Å²) in [6, 6.07) is 26.5. The lowest BCUT2D eigenvalue weighted by molar-refractivity contribution is -0.118. The molecule has 1 aromatic heterocycles. The van der Waals surface area contributed by atoms with Gasteiger partial charge in [0, 0.05) is 21.9 Å². The number of benzene rings is 3. The third kappa shape index (κ3) is 8.87. The molecule has 1 aliphatic rings. The second-order valence-electron chi connectivity index (χ2n) is 13.6. The van der Waals surface area contributed by atoms with Crippen LogP contribution in [0.4, 0.5) is 5.82 Å². The van der Waals surface area contributed by atoms with E-state index in [0.29, 0.717) is 23.7 Å². The summed E-state index contributed by atoms with van der Waals surface area (Å²) in [7, 11) is 0.573. The number of carbonyl (C=O) groups is 1. The Morgan fingerprint density at radius 2 is 1.54 bits per heavy atom. The summed E-state index contributed by atoms with van der Waals surface area (Å²) < 4.78 is 40.8. The quantitative estimate of drug-likeness (QED) is 0.0643. The highest BCUT2D eigenvalue weighted by Gasteiger charge is 2.54. The van der Waals surface area contributed by atoms with Gasteiger partial charge in [0.1, 0.15) is 53.9 Å². The number of rotatable bonds is 17. The van der Waals surface area contributed by atoms with Crippen LogP contribution in [0.3, 0.4) is 0 Å². The van der Waals surface area contributed by atoms with E-state index in [1.54, 1.807) is 20.3 Å². The molecule has 4 aromatic rings. The van der Waals surface area contributed by atoms with Crippen LogP contribution in [0.5, 0.6) is 11.5 Å². The van der Waals surface area contributed by atoms with Gasteiger partial charge in [-0.2, -0.15) is 4.98 Å². The van der Waals surface area contributed by atoms with Crippen LogP contribution in [0.25, 0.3) is 0 Å². The van der Waals surface area contributed by atoms with Crippen molar-refractivity contribution in [2.24, 2.45) is 5.41 Å². The Hall–Kier alpha value is -4.14. The highest BCUT2D eigenvalue weighted by Crippen LogP contribution is 2.42. The minimum absolute atomic E-state index is 0.00373. The van der Waals surface area contributed by atoms with Crippen molar-refractivity contribution < 1.29 is 42.8 Å². The van der Waals surface area contributed by atoms with Crippen LogP contribution in [0.1, 0.15) is 57.0 Å². The summed E-state index contributed by atoms with van der Waals surface area (Å²) in [5.74, 6) is 1.85. The van der Waals surface area contributed by atoms with Gasteiger partial charge in [0.25, 0.3) is 0 Å². The lowest BCUT2D eigenvalue weighted by Gasteiger charge is -2.37. The average molecular weight is 781 g/mol. The van der Waals surface area contributed by atoms with E-state index in [9.17, 15) is 24.4 Å². The molecule has 3 N–H and O–H groups in total. The Balaban J connectivity index is 1.36. The number of anilines is 1. The molecular weight excluding hydrogens is 733 g/mol. The number of aromatic nitrogens is 2. The van der Waals surface area contributed by atoms with Gasteiger partial charge in [0.05, 0.1) is 14.2 Å². The summed E-state index contributed by atoms with van der Waals surface area (Å²) in [5.41, 5.74) is -1.74. The molecule has 0 bridgehead atoms. The van der Waals surface area contributed by atoms with Crippen LogP contribution in [0, 0.1) is 5.41 Å². The van der Waals surface area contributed by atoms with Gasteiger partial charge in [-0.15, -0.1) is 9.05 Å². The van der Waals surface area contributed by atoms with Crippen LogP contribution in [-0.2, 0) is 28.7 Å². The first-order valence-electron chi connectivity index (χ1n) is 17.4. The zero-order chi connectivity index (χ0) is 39.1. The topological polar surface area (TPSA) is 168 Å². The number of aliphatic hydroxyl groups is 2. The molecule has 0 amide bonds. The number of carbonyl (C=O) groups excluding carboxylic acids is 1. The van der Waals surface area contributed by atoms with Crippen LogP contribution in [0.2, 0.25) is 0 Å². The summed E-state index contributed by atoms with van der Waals surface area (Å²) in [4.78, 5) is 30.4. The number of ether oxygens (including phenoxy) is 3. The number of aliphatic hydroxyl groups excluding tert-OH is 1. The van der Waals surface area contributed by atoms with Crippen molar-refractivity contribution in [3.63, 3.8) is 0 Å². The first-order chi connectivity index (χ1) is 25.8. The normalized spacial score (nSPS) is 20.4. The molecule has 15 heteroatoms. The second-order valence-corrected chi connectivity index (χ2v) is 15.7. The number of hydrogen-bond donors (Lipinski definition) is 3. The molecule has 0 radical (unpaired) electrons. The zero-order valence-corrected chi connectivity index (χ0v) is 32.8. The first kappa shape index (κ1) is 41.0. The minimum Gasteiger partial charge on any atom is -0.497 e. The van der Waals surface area contributed by atoms with Crippen LogP contribution < -0.4 is 20.5 Å². The zero-order valence-electron chi connectivity index (χ0n) is 31.1. The van der Waals surface area contributed by atoms with E-state index in [0.717, 1.165) is 33.0 Å². The van der Waals surface area contributed by atoms with Gasteiger partial charge >= 0.3 is 13.9 Å². The number of hydrogen-bond acceptors (Lipinski definition) is 13. The van der Waals surface area contributed by atoms with Crippen molar-refractivity contribution in [1.82, 2.24) is 9.55 Å². The molecule has 54 heavy (non-hydrogen) atoms. The third-order valence-electron chi connectivity index (χ3n) is 9.70. The van der Waals surface area contributed by atoms with Gasteiger partial charge in [0.15, 0.2) is 11.3 Å². The Morgan fingerprint density at radius 1 is 0.963 bits per heavy atom. The Kier molecular flexibility index (Phi) is 13.3. The molecule has 0 aliphatic carbocycles. The number of nitrogens with zero attached hydrogens (tertiary/aromatic N) is 2. The highest BCUT2D eigenvalue weighted by molar-refractivity contribution is 8.13. The molecule has 1 aliphatic heterocycles. The maximum Gasteiger partial charge on any atom is 0.697 e. The summed E-state index contributed by atoms with van der Waals surface area (Å²) >= 11 is 1.10. The van der Waals surface area contributed by atoms with E-state index >= 15 is 0 Å². The Morgan fingerprint density at radius 3 is 2.07 bits per heavy atom. The van der Waals surface area contributed by atoms with E-state index in [-0.39, 0.29) is 17.5 Å². The largest absolute Gasteiger partial charge is 0.697 e. The van der Waals surface area contributed by atoms with Gasteiger partial charge in [-0.25, -0.2) is 4.79 Å².